The average molecular weight is 231 g/mol. The molecule has 0 aliphatic carbocycles. The summed E-state index contributed by atoms with van der Waals surface area (Å²) in [6.07, 6.45) is 4.95. The maximum absolute atomic E-state index is 10.4. The van der Waals surface area contributed by atoms with Crippen LogP contribution in [0.5, 0.6) is 0 Å². The predicted octanol–water partition coefficient (Wildman–Crippen LogP) is 1.67. The van der Waals surface area contributed by atoms with Gasteiger partial charge in [-0.3, -0.25) is 9.36 Å². The van der Waals surface area contributed by atoms with E-state index >= 15 is 0 Å². The van der Waals surface area contributed by atoms with Gasteiger partial charge in [0.1, 0.15) is 12.7 Å². The molecule has 1 heterocycles. The molecule has 0 saturated carbocycles. The predicted molar refractivity (Wildman–Crippen MR) is 61.9 cm³/mol. The number of aliphatic carboxylic acids is 1. The maximum atomic E-state index is 10.4. The van der Waals surface area contributed by atoms with Gasteiger partial charge in [-0.15, -0.1) is 10.2 Å². The number of rotatable bonds is 5. The van der Waals surface area contributed by atoms with Gasteiger partial charge in [-0.05, 0) is 30.5 Å². The molecule has 2 aromatic rings. The molecule has 0 aliphatic rings. The fourth-order valence-electron chi connectivity index (χ4n) is 1.61. The zero-order valence-corrected chi connectivity index (χ0v) is 9.28. The zero-order chi connectivity index (χ0) is 12.1. The van der Waals surface area contributed by atoms with E-state index in [0.29, 0.717) is 6.42 Å². The number of aromatic nitrogens is 3. The van der Waals surface area contributed by atoms with E-state index in [0.717, 1.165) is 17.7 Å². The molecule has 0 unspecified atom stereocenters. The van der Waals surface area contributed by atoms with Crippen LogP contribution in [0.25, 0.3) is 5.69 Å². The first-order valence-corrected chi connectivity index (χ1v) is 5.41. The Hall–Kier alpha value is -2.17. The van der Waals surface area contributed by atoms with Crippen molar-refractivity contribution in [3.05, 3.63) is 42.5 Å². The van der Waals surface area contributed by atoms with Crippen molar-refractivity contribution in [1.29, 1.82) is 0 Å². The van der Waals surface area contributed by atoms with Crippen LogP contribution in [0.2, 0.25) is 0 Å². The van der Waals surface area contributed by atoms with Crippen LogP contribution >= 0.6 is 0 Å². The zero-order valence-electron chi connectivity index (χ0n) is 9.28. The van der Waals surface area contributed by atoms with Crippen LogP contribution in [0.1, 0.15) is 18.4 Å². The number of carbonyl (C=O) groups is 1. The number of hydrogen-bond acceptors (Lipinski definition) is 3. The Morgan fingerprint density at radius 3 is 2.41 bits per heavy atom. The molecule has 2 rings (SSSR count). The molecule has 0 fully saturated rings. The molecule has 0 aliphatic heterocycles. The van der Waals surface area contributed by atoms with Crippen molar-refractivity contribution < 1.29 is 9.90 Å². The Labute approximate surface area is 98.7 Å². The molecular weight excluding hydrogens is 218 g/mol. The Balaban J connectivity index is 1.96. The van der Waals surface area contributed by atoms with Crippen LogP contribution in [0.4, 0.5) is 0 Å². The van der Waals surface area contributed by atoms with Gasteiger partial charge < -0.3 is 5.11 Å². The molecule has 0 atom stereocenters. The summed E-state index contributed by atoms with van der Waals surface area (Å²) in [6.45, 7) is 0. The quantitative estimate of drug-likeness (QED) is 0.850. The molecule has 1 aromatic heterocycles. The summed E-state index contributed by atoms with van der Waals surface area (Å²) in [5.41, 5.74) is 2.14. The SMILES string of the molecule is O=C(O)CCCc1ccc(-n2cnnc2)cc1. The second kappa shape index (κ2) is 5.25. The Morgan fingerprint density at radius 2 is 1.82 bits per heavy atom. The highest BCUT2D eigenvalue weighted by Gasteiger charge is 1.99. The lowest BCUT2D eigenvalue weighted by molar-refractivity contribution is -0.137. The van der Waals surface area contributed by atoms with Gasteiger partial charge in [0.25, 0.3) is 0 Å². The molecule has 1 aromatic carbocycles. The summed E-state index contributed by atoms with van der Waals surface area (Å²) < 4.78 is 1.82. The lowest BCUT2D eigenvalue weighted by atomic mass is 10.1. The molecule has 88 valence electrons. The topological polar surface area (TPSA) is 68.0 Å². The first kappa shape index (κ1) is 11.3. The first-order chi connectivity index (χ1) is 8.25. The second-order valence-electron chi connectivity index (χ2n) is 3.78. The summed E-state index contributed by atoms with van der Waals surface area (Å²) in [7, 11) is 0. The van der Waals surface area contributed by atoms with E-state index in [1.54, 1.807) is 12.7 Å². The van der Waals surface area contributed by atoms with Crippen molar-refractivity contribution in [2.45, 2.75) is 19.3 Å². The summed E-state index contributed by atoms with van der Waals surface area (Å²) in [5.74, 6) is -0.744. The van der Waals surface area contributed by atoms with E-state index in [2.05, 4.69) is 10.2 Å². The minimum atomic E-state index is -0.744. The van der Waals surface area contributed by atoms with Crippen molar-refractivity contribution in [3.63, 3.8) is 0 Å². The maximum Gasteiger partial charge on any atom is 0.303 e. The average Bonchev–Trinajstić information content (AvgIpc) is 2.83. The third-order valence-electron chi connectivity index (χ3n) is 2.51. The number of benzene rings is 1. The van der Waals surface area contributed by atoms with E-state index < -0.39 is 5.97 Å². The molecule has 1 N–H and O–H groups in total. The van der Waals surface area contributed by atoms with E-state index in [1.165, 1.54) is 0 Å². The molecule has 0 spiro atoms. The van der Waals surface area contributed by atoms with E-state index in [-0.39, 0.29) is 6.42 Å². The van der Waals surface area contributed by atoms with Crippen LogP contribution in [0.3, 0.4) is 0 Å². The Bertz CT molecular complexity index is 477. The fourth-order valence-corrected chi connectivity index (χ4v) is 1.61. The Morgan fingerprint density at radius 1 is 1.18 bits per heavy atom. The smallest absolute Gasteiger partial charge is 0.303 e. The summed E-state index contributed by atoms with van der Waals surface area (Å²) in [5, 5.41) is 16.0. The van der Waals surface area contributed by atoms with Crippen LogP contribution in [0.15, 0.2) is 36.9 Å². The van der Waals surface area contributed by atoms with Gasteiger partial charge >= 0.3 is 5.97 Å². The van der Waals surface area contributed by atoms with Gasteiger partial charge in [0.2, 0.25) is 0 Å². The number of hydrogen-bond donors (Lipinski definition) is 1. The van der Waals surface area contributed by atoms with Crippen LogP contribution in [0, 0.1) is 0 Å². The highest BCUT2D eigenvalue weighted by atomic mass is 16.4. The Kier molecular flexibility index (Phi) is 3.49. The van der Waals surface area contributed by atoms with Crippen molar-refractivity contribution in [3.8, 4) is 5.69 Å². The lowest BCUT2D eigenvalue weighted by Crippen LogP contribution is -1.96. The van der Waals surface area contributed by atoms with Crippen molar-refractivity contribution in [2.75, 3.05) is 0 Å². The molecular formula is C12H13N3O2. The van der Waals surface area contributed by atoms with Crippen molar-refractivity contribution in [2.24, 2.45) is 0 Å². The largest absolute Gasteiger partial charge is 0.481 e. The van der Waals surface area contributed by atoms with E-state index in [4.69, 9.17) is 5.11 Å². The summed E-state index contributed by atoms with van der Waals surface area (Å²) in [6, 6.07) is 7.94. The number of carboxylic acids is 1. The number of nitrogens with zero attached hydrogens (tertiary/aromatic N) is 3. The standard InChI is InChI=1S/C12H13N3O2/c16-12(17)3-1-2-10-4-6-11(7-5-10)15-8-13-14-9-15/h4-9H,1-3H2,(H,16,17). The summed E-state index contributed by atoms with van der Waals surface area (Å²) in [4.78, 5) is 10.4. The minimum Gasteiger partial charge on any atom is -0.481 e. The minimum absolute atomic E-state index is 0.215. The van der Waals surface area contributed by atoms with Gasteiger partial charge in [0, 0.05) is 12.1 Å². The van der Waals surface area contributed by atoms with Crippen LogP contribution in [-0.4, -0.2) is 25.8 Å². The highest BCUT2D eigenvalue weighted by molar-refractivity contribution is 5.66. The molecule has 5 nitrogen and oxygen atoms in total. The molecule has 0 saturated heterocycles. The van der Waals surface area contributed by atoms with Gasteiger partial charge in [-0.2, -0.15) is 0 Å². The molecule has 0 radical (unpaired) electrons. The molecule has 0 amide bonds. The molecule has 5 heteroatoms. The van der Waals surface area contributed by atoms with E-state index in [9.17, 15) is 4.79 Å². The van der Waals surface area contributed by atoms with Crippen molar-refractivity contribution in [1.82, 2.24) is 14.8 Å². The van der Waals surface area contributed by atoms with Gasteiger partial charge in [-0.1, -0.05) is 12.1 Å². The first-order valence-electron chi connectivity index (χ1n) is 5.41. The normalized spacial score (nSPS) is 10.4. The lowest BCUT2D eigenvalue weighted by Gasteiger charge is -2.03. The number of carboxylic acid groups (broad SMARTS) is 1. The molecule has 17 heavy (non-hydrogen) atoms. The third-order valence-corrected chi connectivity index (χ3v) is 2.51. The van der Waals surface area contributed by atoms with Gasteiger partial charge in [0.15, 0.2) is 0 Å². The summed E-state index contributed by atoms with van der Waals surface area (Å²) >= 11 is 0. The van der Waals surface area contributed by atoms with Crippen LogP contribution in [-0.2, 0) is 11.2 Å². The fraction of sp³-hybridized carbons (Fsp3) is 0.250. The van der Waals surface area contributed by atoms with Crippen LogP contribution < -0.4 is 0 Å². The number of aryl methyl sites for hydroxylation is 1. The molecule has 0 bridgehead atoms. The monoisotopic (exact) mass is 231 g/mol. The third kappa shape index (κ3) is 3.14. The van der Waals surface area contributed by atoms with Gasteiger partial charge in [-0.25, -0.2) is 0 Å². The van der Waals surface area contributed by atoms with Crippen molar-refractivity contribution >= 4 is 5.97 Å². The second-order valence-corrected chi connectivity index (χ2v) is 3.78. The van der Waals surface area contributed by atoms with E-state index in [1.807, 2.05) is 28.8 Å². The highest BCUT2D eigenvalue weighted by Crippen LogP contribution is 2.10. The van der Waals surface area contributed by atoms with Gasteiger partial charge in [0.05, 0.1) is 0 Å².